The van der Waals surface area contributed by atoms with Gasteiger partial charge in [0.05, 0.1) is 23.9 Å². The Morgan fingerprint density at radius 1 is 1.20 bits per heavy atom. The van der Waals surface area contributed by atoms with E-state index in [4.69, 9.17) is 16.7 Å². The van der Waals surface area contributed by atoms with Crippen molar-refractivity contribution in [2.75, 3.05) is 46.3 Å². The molecular weight excluding hydrogens is 378 g/mol. The van der Waals surface area contributed by atoms with E-state index >= 15 is 0 Å². The smallest absolute Gasteiger partial charge is 0.179 e. The average molecular weight is 410 g/mol. The number of benzene rings is 1. The molecule has 1 aromatic rings. The van der Waals surface area contributed by atoms with Gasteiger partial charge in [0, 0.05) is 39.3 Å². The van der Waals surface area contributed by atoms with Crippen molar-refractivity contribution in [3.05, 3.63) is 41.0 Å². The highest BCUT2D eigenvalue weighted by Crippen LogP contribution is 2.17. The first-order valence-corrected chi connectivity index (χ1v) is 10.4. The molecule has 0 saturated carbocycles. The Labute approximate surface area is 178 Å². The molecule has 1 aromatic carbocycles. The molecule has 4 N–H and O–H groups in total. The van der Waals surface area contributed by atoms with Crippen LogP contribution in [0, 0.1) is 11.5 Å². The van der Waals surface area contributed by atoms with Crippen LogP contribution in [0.5, 0.6) is 0 Å². The average Bonchev–Trinajstić information content (AvgIpc) is 2.76. The summed E-state index contributed by atoms with van der Waals surface area (Å²) in [6.07, 6.45) is 4.52. The molecule has 0 amide bonds. The number of likely N-dealkylation sites (tertiary alicyclic amines) is 1. The van der Waals surface area contributed by atoms with E-state index in [2.05, 4.69) is 28.0 Å². The second kappa shape index (κ2) is 10.2. The zero-order valence-corrected chi connectivity index (χ0v) is 17.6. The lowest BCUT2D eigenvalue weighted by molar-refractivity contribution is -0.104. The van der Waals surface area contributed by atoms with Crippen molar-refractivity contribution in [2.45, 2.75) is 25.4 Å². The lowest BCUT2D eigenvalue weighted by Gasteiger charge is -2.32. The van der Waals surface area contributed by atoms with Crippen LogP contribution in [0.1, 0.15) is 24.0 Å². The lowest BCUT2D eigenvalue weighted by Crippen LogP contribution is -2.43. The second-order valence-electron chi connectivity index (χ2n) is 8.08. The monoisotopic (exact) mass is 409 g/mol. The first-order valence-electron chi connectivity index (χ1n) is 10.4. The topological polar surface area (TPSA) is 115 Å². The third kappa shape index (κ3) is 5.59. The number of carbonyl (C=O) groups is 1. The summed E-state index contributed by atoms with van der Waals surface area (Å²) in [7, 11) is 2.15. The normalized spacial score (nSPS) is 22.3. The van der Waals surface area contributed by atoms with Gasteiger partial charge in [-0.05, 0) is 31.0 Å². The van der Waals surface area contributed by atoms with Gasteiger partial charge in [0.15, 0.2) is 12.5 Å². The van der Waals surface area contributed by atoms with E-state index in [1.807, 2.05) is 24.3 Å². The Kier molecular flexibility index (Phi) is 7.44. The molecule has 160 valence electrons. The third-order valence-electron chi connectivity index (χ3n) is 5.81. The van der Waals surface area contributed by atoms with Gasteiger partial charge in [0.1, 0.15) is 5.84 Å². The molecular formula is C22H31N7O. The van der Waals surface area contributed by atoms with Gasteiger partial charge in [-0.2, -0.15) is 5.26 Å². The standard InChI is InChI=1S/C22H31N7O/c1-27-9-11-28(12-10-27)13-17-4-6-18(7-5-17)21(24)20(15-30)22(25)26-19-3-2-8-29(14-19)16-23/h4-7,15,19H,2-3,8-14,24H2,1H3,(H2,25,26). The van der Waals surface area contributed by atoms with Crippen LogP contribution in [0.3, 0.4) is 0 Å². The molecule has 0 aliphatic carbocycles. The number of piperidine rings is 1. The number of amidine groups is 1. The second-order valence-corrected chi connectivity index (χ2v) is 8.08. The molecule has 2 aliphatic heterocycles. The molecule has 1 unspecified atom stereocenters. The van der Waals surface area contributed by atoms with Gasteiger partial charge in [-0.1, -0.05) is 24.3 Å². The maximum absolute atomic E-state index is 11.7. The number of rotatable bonds is 6. The van der Waals surface area contributed by atoms with Gasteiger partial charge in [0.2, 0.25) is 0 Å². The Balaban J connectivity index is 1.70. The molecule has 2 saturated heterocycles. The predicted octanol–water partition coefficient (Wildman–Crippen LogP) is 0.605. The molecule has 3 rings (SSSR count). The first kappa shape index (κ1) is 21.8. The molecule has 8 heteroatoms. The number of likely N-dealkylation sites (N-methyl/N-ethyl adjacent to an activating group) is 1. The van der Waals surface area contributed by atoms with Crippen molar-refractivity contribution in [3.63, 3.8) is 0 Å². The molecule has 0 radical (unpaired) electrons. The number of aldehydes is 1. The summed E-state index contributed by atoms with van der Waals surface area (Å²) in [5.41, 5.74) is 14.9. The van der Waals surface area contributed by atoms with E-state index < -0.39 is 0 Å². The molecule has 30 heavy (non-hydrogen) atoms. The SMILES string of the molecule is CN1CCN(Cc2ccc(C(N)=C(C=O)C(N)=NC3CCCN(C#N)C3)cc2)CC1. The van der Waals surface area contributed by atoms with Crippen LogP contribution in [0.4, 0.5) is 0 Å². The summed E-state index contributed by atoms with van der Waals surface area (Å²) in [5.74, 6) is 0.133. The van der Waals surface area contributed by atoms with Crippen molar-refractivity contribution in [2.24, 2.45) is 16.5 Å². The minimum absolute atomic E-state index is 0.105. The Hall–Kier alpha value is -2.89. The molecule has 0 bridgehead atoms. The van der Waals surface area contributed by atoms with Crippen LogP contribution in [0.25, 0.3) is 5.70 Å². The van der Waals surface area contributed by atoms with Crippen molar-refractivity contribution >= 4 is 17.8 Å². The van der Waals surface area contributed by atoms with Crippen LogP contribution in [-0.4, -0.2) is 79.2 Å². The van der Waals surface area contributed by atoms with Crippen LogP contribution < -0.4 is 11.5 Å². The Morgan fingerprint density at radius 3 is 2.53 bits per heavy atom. The highest BCUT2D eigenvalue weighted by molar-refractivity contribution is 6.18. The van der Waals surface area contributed by atoms with Crippen molar-refractivity contribution in [3.8, 4) is 6.19 Å². The van der Waals surface area contributed by atoms with Gasteiger partial charge in [-0.3, -0.25) is 14.7 Å². The summed E-state index contributed by atoms with van der Waals surface area (Å²) in [4.78, 5) is 22.6. The number of carbonyl (C=O) groups excluding carboxylic acids is 1. The number of nitrogens with two attached hydrogens (primary N) is 2. The minimum Gasteiger partial charge on any atom is -0.398 e. The fourth-order valence-electron chi connectivity index (χ4n) is 3.89. The van der Waals surface area contributed by atoms with Crippen LogP contribution >= 0.6 is 0 Å². The van der Waals surface area contributed by atoms with Crippen LogP contribution in [-0.2, 0) is 11.3 Å². The fourth-order valence-corrected chi connectivity index (χ4v) is 3.89. The fraction of sp³-hybridized carbons (Fsp3) is 0.500. The van der Waals surface area contributed by atoms with Gasteiger partial charge in [-0.15, -0.1) is 0 Å². The maximum Gasteiger partial charge on any atom is 0.179 e. The number of aliphatic imine (C=N–C) groups is 1. The van der Waals surface area contributed by atoms with Crippen LogP contribution in [0.15, 0.2) is 34.8 Å². The van der Waals surface area contributed by atoms with E-state index in [-0.39, 0.29) is 17.5 Å². The molecule has 2 heterocycles. The van der Waals surface area contributed by atoms with Gasteiger partial charge < -0.3 is 21.3 Å². The Morgan fingerprint density at radius 2 is 1.90 bits per heavy atom. The van der Waals surface area contributed by atoms with Crippen molar-refractivity contribution < 1.29 is 4.79 Å². The van der Waals surface area contributed by atoms with Gasteiger partial charge in [0.25, 0.3) is 0 Å². The number of nitriles is 1. The first-order chi connectivity index (χ1) is 14.5. The number of nitrogens with zero attached hydrogens (tertiary/aromatic N) is 5. The number of hydrogen-bond acceptors (Lipinski definition) is 7. The summed E-state index contributed by atoms with van der Waals surface area (Å²) >= 11 is 0. The van der Waals surface area contributed by atoms with E-state index in [1.54, 1.807) is 4.90 Å². The zero-order chi connectivity index (χ0) is 21.5. The molecule has 8 nitrogen and oxygen atoms in total. The van der Waals surface area contributed by atoms with Crippen molar-refractivity contribution in [1.82, 2.24) is 14.7 Å². The van der Waals surface area contributed by atoms with E-state index in [0.29, 0.717) is 18.5 Å². The largest absolute Gasteiger partial charge is 0.398 e. The van der Waals surface area contributed by atoms with Crippen LogP contribution in [0.2, 0.25) is 0 Å². The number of piperazine rings is 1. The van der Waals surface area contributed by atoms with Gasteiger partial charge in [-0.25, -0.2) is 0 Å². The highest BCUT2D eigenvalue weighted by atomic mass is 16.1. The Bertz CT molecular complexity index is 832. The molecule has 0 aromatic heterocycles. The quantitative estimate of drug-likeness (QED) is 0.232. The van der Waals surface area contributed by atoms with Crippen molar-refractivity contribution in [1.29, 1.82) is 5.26 Å². The summed E-state index contributed by atoms with van der Waals surface area (Å²) < 4.78 is 0. The van der Waals surface area contributed by atoms with E-state index in [0.717, 1.165) is 57.7 Å². The third-order valence-corrected chi connectivity index (χ3v) is 5.81. The van der Waals surface area contributed by atoms with Gasteiger partial charge >= 0.3 is 0 Å². The van der Waals surface area contributed by atoms with E-state index in [1.165, 1.54) is 5.56 Å². The lowest BCUT2D eigenvalue weighted by atomic mass is 10.0. The molecule has 2 aliphatic rings. The molecule has 2 fully saturated rings. The minimum atomic E-state index is -0.105. The highest BCUT2D eigenvalue weighted by Gasteiger charge is 2.20. The maximum atomic E-state index is 11.7. The number of hydrogen-bond donors (Lipinski definition) is 2. The summed E-state index contributed by atoms with van der Waals surface area (Å²) in [6.45, 7) is 6.45. The van der Waals surface area contributed by atoms with E-state index in [9.17, 15) is 4.79 Å². The zero-order valence-electron chi connectivity index (χ0n) is 17.6. The molecule has 0 spiro atoms. The molecule has 1 atom stereocenters. The predicted molar refractivity (Wildman–Crippen MR) is 118 cm³/mol. The summed E-state index contributed by atoms with van der Waals surface area (Å²) in [6, 6.07) is 7.84. The summed E-state index contributed by atoms with van der Waals surface area (Å²) in [5, 5.41) is 9.08.